The molecule has 0 saturated heterocycles. The summed E-state index contributed by atoms with van der Waals surface area (Å²) >= 11 is 0. The van der Waals surface area contributed by atoms with Gasteiger partial charge in [-0.2, -0.15) is 13.2 Å². The van der Waals surface area contributed by atoms with Crippen LogP contribution in [0.3, 0.4) is 0 Å². The predicted octanol–water partition coefficient (Wildman–Crippen LogP) is 4.02. The van der Waals surface area contributed by atoms with Crippen LogP contribution in [0.5, 0.6) is 0 Å². The van der Waals surface area contributed by atoms with E-state index in [9.17, 15) is 18.0 Å². The van der Waals surface area contributed by atoms with E-state index in [2.05, 4.69) is 0 Å². The molecule has 0 aromatic heterocycles. The Balaban J connectivity index is 2.20. The molecule has 18 heavy (non-hydrogen) atoms. The van der Waals surface area contributed by atoms with Crippen LogP contribution in [0.4, 0.5) is 13.2 Å². The van der Waals surface area contributed by atoms with E-state index in [-0.39, 0.29) is 0 Å². The molecule has 0 bridgehead atoms. The van der Waals surface area contributed by atoms with Crippen LogP contribution in [0, 0.1) is 0 Å². The van der Waals surface area contributed by atoms with Crippen molar-refractivity contribution in [3.63, 3.8) is 0 Å². The lowest BCUT2D eigenvalue weighted by Gasteiger charge is -2.15. The lowest BCUT2D eigenvalue weighted by molar-refractivity contribution is -0.170. The molecule has 0 radical (unpaired) electrons. The first kappa shape index (κ1) is 13.1. The second-order valence-electron chi connectivity index (χ2n) is 4.78. The molecular formula is C14H15F3O. The molecule has 2 rings (SSSR count). The normalized spacial score (nSPS) is 17.1. The molecule has 1 aromatic rings. The molecule has 0 N–H and O–H groups in total. The number of hydrogen-bond acceptors (Lipinski definition) is 1. The Labute approximate surface area is 104 Å². The van der Waals surface area contributed by atoms with Gasteiger partial charge in [0.05, 0.1) is 0 Å². The third-order valence-electron chi connectivity index (χ3n) is 3.52. The molecule has 1 saturated carbocycles. The van der Waals surface area contributed by atoms with Crippen LogP contribution >= 0.6 is 0 Å². The van der Waals surface area contributed by atoms with Crippen LogP contribution in [0.2, 0.25) is 0 Å². The molecule has 0 atom stereocenters. The van der Waals surface area contributed by atoms with Crippen molar-refractivity contribution in [2.24, 2.45) is 0 Å². The largest absolute Gasteiger partial charge is 0.450 e. The fourth-order valence-corrected chi connectivity index (χ4v) is 2.60. The number of ketones is 1. The number of carbonyl (C=O) groups excluding carboxylic acids is 1. The first-order valence-corrected chi connectivity index (χ1v) is 6.16. The van der Waals surface area contributed by atoms with Gasteiger partial charge in [-0.1, -0.05) is 37.1 Å². The third kappa shape index (κ3) is 2.92. The molecule has 0 amide bonds. The van der Waals surface area contributed by atoms with Crippen LogP contribution in [0.25, 0.3) is 0 Å². The summed E-state index contributed by atoms with van der Waals surface area (Å²) in [5, 5.41) is 0. The number of benzene rings is 1. The molecule has 0 spiro atoms. The summed E-state index contributed by atoms with van der Waals surface area (Å²) < 4.78 is 36.9. The molecule has 0 heterocycles. The lowest BCUT2D eigenvalue weighted by Crippen LogP contribution is -2.25. The first-order chi connectivity index (χ1) is 8.48. The third-order valence-corrected chi connectivity index (χ3v) is 3.52. The van der Waals surface area contributed by atoms with Gasteiger partial charge in [-0.25, -0.2) is 0 Å². The predicted molar refractivity (Wildman–Crippen MR) is 62.4 cm³/mol. The zero-order chi connectivity index (χ0) is 13.2. The molecule has 1 fully saturated rings. The quantitative estimate of drug-likeness (QED) is 0.798. The van der Waals surface area contributed by atoms with Crippen LogP contribution in [0.15, 0.2) is 24.3 Å². The van der Waals surface area contributed by atoms with Gasteiger partial charge in [0.1, 0.15) is 0 Å². The Morgan fingerprint density at radius 3 is 2.39 bits per heavy atom. The van der Waals surface area contributed by atoms with Crippen LogP contribution in [-0.2, 0) is 11.2 Å². The molecule has 1 aliphatic rings. The maximum atomic E-state index is 12.3. The van der Waals surface area contributed by atoms with Crippen molar-refractivity contribution in [3.05, 3.63) is 35.4 Å². The summed E-state index contributed by atoms with van der Waals surface area (Å²) in [6.45, 7) is 0. The standard InChI is InChI=1S/C14H15F3O/c15-14(16,17)13(18)9-11-7-3-4-8-12(11)10-5-1-2-6-10/h3-4,7-8,10H,1-2,5-6,9H2. The van der Waals surface area contributed by atoms with Crippen molar-refractivity contribution in [1.29, 1.82) is 0 Å². The number of rotatable bonds is 3. The maximum absolute atomic E-state index is 12.3. The van der Waals surface area contributed by atoms with E-state index in [1.54, 1.807) is 12.1 Å². The molecule has 1 aliphatic carbocycles. The van der Waals surface area contributed by atoms with Crippen LogP contribution in [-0.4, -0.2) is 12.0 Å². The number of hydrogen-bond donors (Lipinski definition) is 0. The number of Topliss-reactive ketones (excluding diaryl/α,β-unsaturated/α-hetero) is 1. The van der Waals surface area contributed by atoms with E-state index in [1.807, 2.05) is 12.1 Å². The van der Waals surface area contributed by atoms with E-state index >= 15 is 0 Å². The zero-order valence-corrected chi connectivity index (χ0v) is 9.96. The van der Waals surface area contributed by atoms with Crippen molar-refractivity contribution in [2.75, 3.05) is 0 Å². The van der Waals surface area contributed by atoms with Crippen molar-refractivity contribution in [3.8, 4) is 0 Å². The maximum Gasteiger partial charge on any atom is 0.450 e. The number of alkyl halides is 3. The van der Waals surface area contributed by atoms with Crippen LogP contribution < -0.4 is 0 Å². The summed E-state index contributed by atoms with van der Waals surface area (Å²) in [6, 6.07) is 7.01. The average Bonchev–Trinajstić information content (AvgIpc) is 2.82. The summed E-state index contributed by atoms with van der Waals surface area (Å²) in [4.78, 5) is 11.1. The van der Waals surface area contributed by atoms with Crippen molar-refractivity contribution in [1.82, 2.24) is 0 Å². The molecule has 0 unspecified atom stereocenters. The fraction of sp³-hybridized carbons (Fsp3) is 0.500. The van der Waals surface area contributed by atoms with Gasteiger partial charge >= 0.3 is 6.18 Å². The van der Waals surface area contributed by atoms with Gasteiger partial charge in [0.25, 0.3) is 0 Å². The lowest BCUT2D eigenvalue weighted by atomic mass is 9.90. The molecular weight excluding hydrogens is 241 g/mol. The first-order valence-electron chi connectivity index (χ1n) is 6.16. The number of halogens is 3. The Bertz CT molecular complexity index is 431. The van der Waals surface area contributed by atoms with Gasteiger partial charge in [0.2, 0.25) is 5.78 Å². The summed E-state index contributed by atoms with van der Waals surface area (Å²) in [5.74, 6) is -1.34. The van der Waals surface area contributed by atoms with Crippen molar-refractivity contribution in [2.45, 2.75) is 44.2 Å². The number of carbonyl (C=O) groups is 1. The van der Waals surface area contributed by atoms with Gasteiger partial charge in [0.15, 0.2) is 0 Å². The topological polar surface area (TPSA) is 17.1 Å². The summed E-state index contributed by atoms with van der Waals surface area (Å²) in [7, 11) is 0. The van der Waals surface area contributed by atoms with E-state index < -0.39 is 18.4 Å². The summed E-state index contributed by atoms with van der Waals surface area (Å²) in [5.41, 5.74) is 1.46. The zero-order valence-electron chi connectivity index (χ0n) is 9.96. The SMILES string of the molecule is O=C(Cc1ccccc1C1CCCC1)C(F)(F)F. The van der Waals surface area contributed by atoms with E-state index in [1.165, 1.54) is 0 Å². The van der Waals surface area contributed by atoms with Gasteiger partial charge in [-0.15, -0.1) is 0 Å². The minimum atomic E-state index is -4.73. The van der Waals surface area contributed by atoms with E-state index in [0.29, 0.717) is 11.5 Å². The minimum Gasteiger partial charge on any atom is -0.289 e. The second kappa shape index (κ2) is 5.12. The Hall–Kier alpha value is -1.32. The fourth-order valence-electron chi connectivity index (χ4n) is 2.60. The molecule has 0 aliphatic heterocycles. The Kier molecular flexibility index (Phi) is 3.73. The minimum absolute atomic E-state index is 0.322. The highest BCUT2D eigenvalue weighted by molar-refractivity contribution is 5.86. The van der Waals surface area contributed by atoms with Crippen molar-refractivity contribution < 1.29 is 18.0 Å². The van der Waals surface area contributed by atoms with Gasteiger partial charge in [-0.3, -0.25) is 4.79 Å². The van der Waals surface area contributed by atoms with Crippen LogP contribution in [0.1, 0.15) is 42.7 Å². The molecule has 4 heteroatoms. The second-order valence-corrected chi connectivity index (χ2v) is 4.78. The Morgan fingerprint density at radius 2 is 1.78 bits per heavy atom. The monoisotopic (exact) mass is 256 g/mol. The molecule has 1 aromatic carbocycles. The highest BCUT2D eigenvalue weighted by atomic mass is 19.4. The van der Waals surface area contributed by atoms with E-state index in [4.69, 9.17) is 0 Å². The average molecular weight is 256 g/mol. The molecule has 1 nitrogen and oxygen atoms in total. The molecule has 98 valence electrons. The highest BCUT2D eigenvalue weighted by Crippen LogP contribution is 2.36. The van der Waals surface area contributed by atoms with Crippen molar-refractivity contribution >= 4 is 5.78 Å². The summed E-state index contributed by atoms with van der Waals surface area (Å²) in [6.07, 6.45) is -1.01. The van der Waals surface area contributed by atoms with Gasteiger partial charge in [0, 0.05) is 6.42 Å². The Morgan fingerprint density at radius 1 is 1.17 bits per heavy atom. The van der Waals surface area contributed by atoms with E-state index in [0.717, 1.165) is 31.2 Å². The van der Waals surface area contributed by atoms with Gasteiger partial charge in [-0.05, 0) is 29.9 Å². The smallest absolute Gasteiger partial charge is 0.289 e. The van der Waals surface area contributed by atoms with Gasteiger partial charge < -0.3 is 0 Å². The highest BCUT2D eigenvalue weighted by Gasteiger charge is 2.38.